The molecule has 5 rings (SSSR count). The number of morpholine rings is 1. The summed E-state index contributed by atoms with van der Waals surface area (Å²) < 4.78 is 19.6. The summed E-state index contributed by atoms with van der Waals surface area (Å²) in [5, 5.41) is 3.98. The molecule has 0 spiro atoms. The Bertz CT molecular complexity index is 1270. The van der Waals surface area contributed by atoms with E-state index in [2.05, 4.69) is 21.4 Å². The summed E-state index contributed by atoms with van der Waals surface area (Å²) in [5.74, 6) is -0.768. The second-order valence-corrected chi connectivity index (χ2v) is 8.20. The zero-order chi connectivity index (χ0) is 22.6. The number of carbonyl (C=O) groups is 1. The van der Waals surface area contributed by atoms with Gasteiger partial charge in [0, 0.05) is 53.6 Å². The number of aromatic amines is 1. The SMILES string of the molecule is O=C(Nc1ccc2cc(CCc3ccncc3)[nH]c2c1)c1cc(F)cc(N2CCOCC2)c1. The molecule has 1 amide bonds. The lowest BCUT2D eigenvalue weighted by atomic mass is 10.1. The van der Waals surface area contributed by atoms with Gasteiger partial charge in [-0.25, -0.2) is 4.39 Å². The van der Waals surface area contributed by atoms with E-state index < -0.39 is 5.82 Å². The number of pyridine rings is 1. The first-order chi connectivity index (χ1) is 16.1. The van der Waals surface area contributed by atoms with Crippen LogP contribution in [0.25, 0.3) is 10.9 Å². The number of hydrogen-bond acceptors (Lipinski definition) is 4. The lowest BCUT2D eigenvalue weighted by Crippen LogP contribution is -2.36. The second-order valence-electron chi connectivity index (χ2n) is 8.20. The molecule has 1 saturated heterocycles. The van der Waals surface area contributed by atoms with Gasteiger partial charge in [0.2, 0.25) is 0 Å². The summed E-state index contributed by atoms with van der Waals surface area (Å²) in [4.78, 5) is 22.4. The Morgan fingerprint density at radius 1 is 1.03 bits per heavy atom. The topological polar surface area (TPSA) is 70.2 Å². The van der Waals surface area contributed by atoms with Crippen molar-refractivity contribution in [2.45, 2.75) is 12.8 Å². The van der Waals surface area contributed by atoms with Crippen molar-refractivity contribution < 1.29 is 13.9 Å². The first-order valence-corrected chi connectivity index (χ1v) is 11.1. The van der Waals surface area contributed by atoms with E-state index in [0.717, 1.165) is 29.4 Å². The van der Waals surface area contributed by atoms with E-state index >= 15 is 0 Å². The number of rotatable bonds is 6. The summed E-state index contributed by atoms with van der Waals surface area (Å²) in [5.41, 5.74) is 4.97. The van der Waals surface area contributed by atoms with Gasteiger partial charge >= 0.3 is 0 Å². The molecule has 1 aliphatic rings. The van der Waals surface area contributed by atoms with Gasteiger partial charge in [-0.1, -0.05) is 6.07 Å². The third-order valence-corrected chi connectivity index (χ3v) is 5.89. The molecule has 0 atom stereocenters. The van der Waals surface area contributed by atoms with Gasteiger partial charge in [-0.15, -0.1) is 0 Å². The Morgan fingerprint density at radius 3 is 2.67 bits per heavy atom. The summed E-state index contributed by atoms with van der Waals surface area (Å²) >= 11 is 0. The molecular weight excluding hydrogens is 419 g/mol. The van der Waals surface area contributed by atoms with Crippen LogP contribution in [-0.2, 0) is 17.6 Å². The zero-order valence-electron chi connectivity index (χ0n) is 18.2. The number of aryl methyl sites for hydroxylation is 2. The van der Waals surface area contributed by atoms with E-state index in [9.17, 15) is 9.18 Å². The number of nitrogens with one attached hydrogen (secondary N) is 2. The van der Waals surface area contributed by atoms with Crippen molar-refractivity contribution >= 4 is 28.2 Å². The number of ether oxygens (including phenoxy) is 1. The van der Waals surface area contributed by atoms with Crippen LogP contribution in [0.2, 0.25) is 0 Å². The fraction of sp³-hybridized carbons (Fsp3) is 0.231. The molecule has 2 aromatic carbocycles. The summed E-state index contributed by atoms with van der Waals surface area (Å²) in [7, 11) is 0. The molecule has 33 heavy (non-hydrogen) atoms. The number of aromatic nitrogens is 2. The van der Waals surface area contributed by atoms with Gasteiger partial charge in [-0.2, -0.15) is 0 Å². The number of H-pyrrole nitrogens is 1. The average molecular weight is 445 g/mol. The first-order valence-electron chi connectivity index (χ1n) is 11.1. The summed E-state index contributed by atoms with van der Waals surface area (Å²) in [6.45, 7) is 2.55. The molecule has 2 aromatic heterocycles. The van der Waals surface area contributed by atoms with Gasteiger partial charge in [0.15, 0.2) is 0 Å². The van der Waals surface area contributed by atoms with Crippen molar-refractivity contribution in [1.82, 2.24) is 9.97 Å². The molecule has 4 aromatic rings. The number of halogens is 1. The normalized spacial score (nSPS) is 13.9. The molecule has 0 bridgehead atoms. The van der Waals surface area contributed by atoms with Crippen molar-refractivity contribution in [2.24, 2.45) is 0 Å². The molecule has 1 aliphatic heterocycles. The monoisotopic (exact) mass is 444 g/mol. The van der Waals surface area contributed by atoms with Crippen LogP contribution in [0.1, 0.15) is 21.6 Å². The van der Waals surface area contributed by atoms with E-state index in [-0.39, 0.29) is 5.91 Å². The lowest BCUT2D eigenvalue weighted by Gasteiger charge is -2.29. The predicted octanol–water partition coefficient (Wildman–Crippen LogP) is 4.58. The minimum atomic E-state index is -0.428. The maximum atomic E-state index is 14.2. The highest BCUT2D eigenvalue weighted by Crippen LogP contribution is 2.23. The molecule has 7 heteroatoms. The van der Waals surface area contributed by atoms with Crippen LogP contribution in [0.5, 0.6) is 0 Å². The van der Waals surface area contributed by atoms with E-state index in [0.29, 0.717) is 43.2 Å². The predicted molar refractivity (Wildman–Crippen MR) is 127 cm³/mol. The summed E-state index contributed by atoms with van der Waals surface area (Å²) in [6, 6.07) is 16.4. The third-order valence-electron chi connectivity index (χ3n) is 5.89. The van der Waals surface area contributed by atoms with Gasteiger partial charge in [-0.3, -0.25) is 9.78 Å². The van der Waals surface area contributed by atoms with Crippen LogP contribution in [0, 0.1) is 5.82 Å². The maximum Gasteiger partial charge on any atom is 0.255 e. The van der Waals surface area contributed by atoms with E-state index in [1.165, 1.54) is 17.7 Å². The highest BCUT2D eigenvalue weighted by molar-refractivity contribution is 6.05. The number of nitrogens with zero attached hydrogens (tertiary/aromatic N) is 2. The van der Waals surface area contributed by atoms with E-state index in [1.807, 2.05) is 35.2 Å². The van der Waals surface area contributed by atoms with Crippen LogP contribution in [-0.4, -0.2) is 42.2 Å². The van der Waals surface area contributed by atoms with Crippen molar-refractivity contribution in [3.05, 3.63) is 89.6 Å². The number of fused-ring (bicyclic) bond motifs is 1. The van der Waals surface area contributed by atoms with E-state index in [4.69, 9.17) is 4.74 Å². The van der Waals surface area contributed by atoms with Gasteiger partial charge < -0.3 is 19.9 Å². The molecule has 6 nitrogen and oxygen atoms in total. The highest BCUT2D eigenvalue weighted by atomic mass is 19.1. The molecular formula is C26H25FN4O2. The van der Waals surface area contributed by atoms with Gasteiger partial charge in [0.25, 0.3) is 5.91 Å². The molecule has 1 fully saturated rings. The Balaban J connectivity index is 1.29. The third kappa shape index (κ3) is 5.04. The standard InChI is InChI=1S/C26H25FN4O2/c27-21-13-20(15-24(16-21)31-9-11-33-12-10-31)26(32)30-23-4-2-19-14-22(29-25(19)17-23)3-1-18-5-7-28-8-6-18/h2,4-8,13-17,29H,1,3,9-12H2,(H,30,32). The summed E-state index contributed by atoms with van der Waals surface area (Å²) in [6.07, 6.45) is 5.41. The number of amides is 1. The van der Waals surface area contributed by atoms with Crippen molar-refractivity contribution in [1.29, 1.82) is 0 Å². The molecule has 0 aliphatic carbocycles. The smallest absolute Gasteiger partial charge is 0.255 e. The molecule has 168 valence electrons. The molecule has 2 N–H and O–H groups in total. The number of anilines is 2. The van der Waals surface area contributed by atoms with Crippen molar-refractivity contribution in [3.8, 4) is 0 Å². The van der Waals surface area contributed by atoms with Crippen molar-refractivity contribution in [2.75, 3.05) is 36.5 Å². The first kappa shape index (κ1) is 21.2. The van der Waals surface area contributed by atoms with Crippen LogP contribution in [0.3, 0.4) is 0 Å². The Labute approximate surface area is 191 Å². The minimum Gasteiger partial charge on any atom is -0.378 e. The van der Waals surface area contributed by atoms with Gasteiger partial charge in [0.05, 0.1) is 13.2 Å². The lowest BCUT2D eigenvalue weighted by molar-refractivity contribution is 0.102. The zero-order valence-corrected chi connectivity index (χ0v) is 18.2. The number of hydrogen-bond donors (Lipinski definition) is 2. The van der Waals surface area contributed by atoms with Crippen LogP contribution < -0.4 is 10.2 Å². The maximum absolute atomic E-state index is 14.2. The fourth-order valence-corrected chi connectivity index (χ4v) is 4.14. The minimum absolute atomic E-state index is 0.293. The average Bonchev–Trinajstić information content (AvgIpc) is 3.26. The Morgan fingerprint density at radius 2 is 1.85 bits per heavy atom. The Hall–Kier alpha value is -3.71. The molecule has 3 heterocycles. The number of carbonyl (C=O) groups excluding carboxylic acids is 1. The highest BCUT2D eigenvalue weighted by Gasteiger charge is 2.16. The Kier molecular flexibility index (Phi) is 6.04. The quantitative estimate of drug-likeness (QED) is 0.457. The van der Waals surface area contributed by atoms with Gasteiger partial charge in [0.1, 0.15) is 5.82 Å². The van der Waals surface area contributed by atoms with Gasteiger partial charge in [-0.05, 0) is 72.3 Å². The van der Waals surface area contributed by atoms with E-state index in [1.54, 1.807) is 18.5 Å². The van der Waals surface area contributed by atoms with Crippen LogP contribution >= 0.6 is 0 Å². The second kappa shape index (κ2) is 9.42. The van der Waals surface area contributed by atoms with Crippen LogP contribution in [0.4, 0.5) is 15.8 Å². The molecule has 0 radical (unpaired) electrons. The van der Waals surface area contributed by atoms with Crippen molar-refractivity contribution in [3.63, 3.8) is 0 Å². The molecule has 0 saturated carbocycles. The fourth-order valence-electron chi connectivity index (χ4n) is 4.14. The number of benzene rings is 2. The van der Waals surface area contributed by atoms with Crippen LogP contribution in [0.15, 0.2) is 67.0 Å². The molecule has 0 unspecified atom stereocenters. The largest absolute Gasteiger partial charge is 0.378 e.